The van der Waals surface area contributed by atoms with E-state index in [0.29, 0.717) is 0 Å². The molecule has 0 aliphatic heterocycles. The summed E-state index contributed by atoms with van der Waals surface area (Å²) < 4.78 is 0.967. The van der Waals surface area contributed by atoms with Crippen LogP contribution in [0.25, 0.3) is 0 Å². The van der Waals surface area contributed by atoms with Crippen molar-refractivity contribution in [1.29, 1.82) is 0 Å². The Balaban J connectivity index is 1.55. The number of rotatable bonds is 6. The summed E-state index contributed by atoms with van der Waals surface area (Å²) in [6, 6.07) is 13.7. The van der Waals surface area contributed by atoms with Crippen molar-refractivity contribution >= 4 is 46.3 Å². The Bertz CT molecular complexity index is 906. The first kappa shape index (κ1) is 19.0. The largest absolute Gasteiger partial charge is 0.325 e. The number of aryl methyl sites for hydroxylation is 1. The summed E-state index contributed by atoms with van der Waals surface area (Å²) in [4.78, 5) is 16.9. The van der Waals surface area contributed by atoms with E-state index < -0.39 is 0 Å². The molecule has 6 heteroatoms. The number of benzene rings is 2. The van der Waals surface area contributed by atoms with E-state index in [1.165, 1.54) is 5.56 Å². The zero-order valence-corrected chi connectivity index (χ0v) is 17.0. The molecule has 134 valence electrons. The highest BCUT2D eigenvalue weighted by molar-refractivity contribution is 8.00. The number of hydrogen-bond acceptors (Lipinski definition) is 4. The van der Waals surface area contributed by atoms with Crippen molar-refractivity contribution in [2.24, 2.45) is 0 Å². The predicted molar refractivity (Wildman–Crippen MR) is 111 cm³/mol. The van der Waals surface area contributed by atoms with Crippen molar-refractivity contribution in [2.75, 3.05) is 5.32 Å². The van der Waals surface area contributed by atoms with E-state index in [4.69, 9.17) is 11.6 Å². The van der Waals surface area contributed by atoms with E-state index in [1.807, 2.05) is 61.7 Å². The molecule has 0 fully saturated rings. The summed E-state index contributed by atoms with van der Waals surface area (Å²) in [6.07, 6.45) is 0.283. The van der Waals surface area contributed by atoms with Crippen LogP contribution in [0.4, 0.5) is 5.69 Å². The second-order valence-corrected chi connectivity index (χ2v) is 8.51. The van der Waals surface area contributed by atoms with Crippen molar-refractivity contribution in [3.63, 3.8) is 0 Å². The van der Waals surface area contributed by atoms with Crippen LogP contribution in [0.2, 0.25) is 5.02 Å². The second-order valence-electron chi connectivity index (χ2n) is 5.99. The van der Waals surface area contributed by atoms with Crippen molar-refractivity contribution in [1.82, 2.24) is 4.98 Å². The summed E-state index contributed by atoms with van der Waals surface area (Å²) >= 11 is 9.14. The lowest BCUT2D eigenvalue weighted by atomic mass is 10.1. The molecule has 0 aliphatic rings. The van der Waals surface area contributed by atoms with Gasteiger partial charge < -0.3 is 5.32 Å². The van der Waals surface area contributed by atoms with Crippen LogP contribution in [0.1, 0.15) is 22.4 Å². The summed E-state index contributed by atoms with van der Waals surface area (Å²) in [6.45, 7) is 4.05. The molecule has 0 radical (unpaired) electrons. The average molecular weight is 403 g/mol. The molecule has 0 bridgehead atoms. The van der Waals surface area contributed by atoms with Crippen LogP contribution in [-0.4, -0.2) is 10.9 Å². The summed E-state index contributed by atoms with van der Waals surface area (Å²) in [7, 11) is 0. The van der Waals surface area contributed by atoms with E-state index in [9.17, 15) is 4.79 Å². The smallest absolute Gasteiger partial charge is 0.230 e. The number of amides is 1. The number of thioether (sulfide) groups is 1. The van der Waals surface area contributed by atoms with Gasteiger partial charge in [-0.3, -0.25) is 4.79 Å². The Morgan fingerprint density at radius 1 is 1.19 bits per heavy atom. The zero-order chi connectivity index (χ0) is 18.5. The summed E-state index contributed by atoms with van der Waals surface area (Å²) in [5.41, 5.74) is 5.12. The van der Waals surface area contributed by atoms with E-state index in [2.05, 4.69) is 10.3 Å². The van der Waals surface area contributed by atoms with Gasteiger partial charge in [-0.25, -0.2) is 4.98 Å². The van der Waals surface area contributed by atoms with Gasteiger partial charge in [0, 0.05) is 21.8 Å². The molecule has 0 saturated heterocycles. The fraction of sp³-hybridized carbons (Fsp3) is 0.200. The highest BCUT2D eigenvalue weighted by Crippen LogP contribution is 2.27. The van der Waals surface area contributed by atoms with Crippen LogP contribution in [0.15, 0.2) is 52.2 Å². The Morgan fingerprint density at radius 3 is 2.73 bits per heavy atom. The molecule has 26 heavy (non-hydrogen) atoms. The molecule has 3 nitrogen and oxygen atoms in total. The van der Waals surface area contributed by atoms with Gasteiger partial charge in [0.15, 0.2) is 0 Å². The topological polar surface area (TPSA) is 42.0 Å². The van der Waals surface area contributed by atoms with Crippen LogP contribution in [0, 0.1) is 13.8 Å². The Hall–Kier alpha value is -1.82. The molecule has 0 atom stereocenters. The number of halogens is 1. The van der Waals surface area contributed by atoms with Crippen LogP contribution >= 0.6 is 34.7 Å². The number of nitrogens with zero attached hydrogens (tertiary/aromatic N) is 1. The van der Waals surface area contributed by atoms with E-state index in [0.717, 1.165) is 37.6 Å². The normalized spacial score (nSPS) is 10.7. The maximum Gasteiger partial charge on any atom is 0.230 e. The molecular weight excluding hydrogens is 384 g/mol. The second kappa shape index (κ2) is 8.71. The van der Waals surface area contributed by atoms with Crippen molar-refractivity contribution in [3.8, 4) is 0 Å². The van der Waals surface area contributed by atoms with Gasteiger partial charge in [-0.1, -0.05) is 47.6 Å². The molecule has 0 unspecified atom stereocenters. The molecule has 3 rings (SSSR count). The van der Waals surface area contributed by atoms with Gasteiger partial charge in [-0.15, -0.1) is 11.3 Å². The Labute approximate surface area is 166 Å². The fourth-order valence-corrected chi connectivity index (χ4v) is 4.33. The fourth-order valence-electron chi connectivity index (χ4n) is 2.41. The number of carbonyl (C=O) groups is 1. The molecule has 0 spiro atoms. The number of thiazole rings is 1. The van der Waals surface area contributed by atoms with Gasteiger partial charge in [-0.2, -0.15) is 0 Å². The minimum atomic E-state index is -0.0433. The maximum absolute atomic E-state index is 12.3. The first-order valence-corrected chi connectivity index (χ1v) is 10.4. The molecule has 0 saturated carbocycles. The molecule has 0 aliphatic carbocycles. The quantitative estimate of drug-likeness (QED) is 0.523. The van der Waals surface area contributed by atoms with Gasteiger partial charge in [0.25, 0.3) is 0 Å². The SMILES string of the molecule is Cc1cccc(NC(=O)Cc2csc(SCc3ccc(Cl)cc3)n2)c1C. The molecular formula is C20H19ClN2OS2. The lowest BCUT2D eigenvalue weighted by molar-refractivity contribution is -0.115. The highest BCUT2D eigenvalue weighted by atomic mass is 35.5. The van der Waals surface area contributed by atoms with Gasteiger partial charge in [0.05, 0.1) is 12.1 Å². The van der Waals surface area contributed by atoms with E-state index in [-0.39, 0.29) is 12.3 Å². The standard InChI is InChI=1S/C20H19ClN2OS2/c1-13-4-3-5-18(14(13)2)23-19(24)10-17-12-26-20(22-17)25-11-15-6-8-16(21)9-7-15/h3-9,12H,10-11H2,1-2H3,(H,23,24). The zero-order valence-electron chi connectivity index (χ0n) is 14.6. The third-order valence-corrected chi connectivity index (χ3v) is 6.42. The molecule has 2 aromatic carbocycles. The minimum absolute atomic E-state index is 0.0433. The summed E-state index contributed by atoms with van der Waals surface area (Å²) in [5, 5.41) is 5.67. The third kappa shape index (κ3) is 5.10. The number of carbonyl (C=O) groups excluding carboxylic acids is 1. The maximum atomic E-state index is 12.3. The van der Waals surface area contributed by atoms with Crippen LogP contribution in [-0.2, 0) is 17.0 Å². The number of anilines is 1. The van der Waals surface area contributed by atoms with Crippen molar-refractivity contribution < 1.29 is 4.79 Å². The molecule has 1 N–H and O–H groups in total. The Kier molecular flexibility index (Phi) is 6.35. The minimum Gasteiger partial charge on any atom is -0.325 e. The van der Waals surface area contributed by atoms with Gasteiger partial charge >= 0.3 is 0 Å². The molecule has 1 aromatic heterocycles. The van der Waals surface area contributed by atoms with E-state index >= 15 is 0 Å². The third-order valence-electron chi connectivity index (χ3n) is 4.03. The number of hydrogen-bond donors (Lipinski definition) is 1. The first-order chi connectivity index (χ1) is 12.5. The molecule has 3 aromatic rings. The van der Waals surface area contributed by atoms with Crippen LogP contribution in [0.3, 0.4) is 0 Å². The lowest BCUT2D eigenvalue weighted by Gasteiger charge is -2.09. The predicted octanol–water partition coefficient (Wildman–Crippen LogP) is 5.89. The van der Waals surface area contributed by atoms with Gasteiger partial charge in [-0.05, 0) is 48.7 Å². The first-order valence-electron chi connectivity index (χ1n) is 8.19. The number of aromatic nitrogens is 1. The van der Waals surface area contributed by atoms with Crippen LogP contribution < -0.4 is 5.32 Å². The van der Waals surface area contributed by atoms with Crippen molar-refractivity contribution in [2.45, 2.75) is 30.4 Å². The number of nitrogens with one attached hydrogen (secondary N) is 1. The molecule has 1 amide bonds. The van der Waals surface area contributed by atoms with E-state index in [1.54, 1.807) is 23.1 Å². The highest BCUT2D eigenvalue weighted by Gasteiger charge is 2.10. The monoisotopic (exact) mass is 402 g/mol. The summed E-state index contributed by atoms with van der Waals surface area (Å²) in [5.74, 6) is 0.789. The average Bonchev–Trinajstić information content (AvgIpc) is 3.06. The van der Waals surface area contributed by atoms with Gasteiger partial charge in [0.2, 0.25) is 5.91 Å². The van der Waals surface area contributed by atoms with Gasteiger partial charge in [0.1, 0.15) is 4.34 Å². The lowest BCUT2D eigenvalue weighted by Crippen LogP contribution is -2.15. The Morgan fingerprint density at radius 2 is 1.96 bits per heavy atom. The van der Waals surface area contributed by atoms with Crippen molar-refractivity contribution in [3.05, 3.63) is 75.3 Å². The molecule has 1 heterocycles. The van der Waals surface area contributed by atoms with Crippen LogP contribution in [0.5, 0.6) is 0 Å².